The summed E-state index contributed by atoms with van der Waals surface area (Å²) in [5, 5.41) is 7.12. The zero-order valence-electron chi connectivity index (χ0n) is 16.3. The van der Waals surface area contributed by atoms with E-state index in [-0.39, 0.29) is 17.3 Å². The van der Waals surface area contributed by atoms with Gasteiger partial charge in [0.25, 0.3) is 0 Å². The van der Waals surface area contributed by atoms with E-state index in [9.17, 15) is 26.0 Å². The lowest BCUT2D eigenvalue weighted by Crippen LogP contribution is -2.64. The van der Waals surface area contributed by atoms with Crippen molar-refractivity contribution in [2.45, 2.75) is 31.2 Å². The standard InChI is InChI=1S/C16H23FN2O3S.C2HF3O2/c1-23(20,21)18-8-14-6-7-16(22-10-14)11-19(12-16)9-13-2-4-15(17)5-3-13;3-2(4,5)1(6)7/h2-5,14,18H,6-12H2,1H3;(H,6,7). The number of hydrogen-bond acceptors (Lipinski definition) is 5. The minimum absolute atomic E-state index is 0.0678. The average Bonchev–Trinajstić information content (AvgIpc) is 2.61. The molecular formula is C18H24F4N2O5S. The van der Waals surface area contributed by atoms with Crippen molar-refractivity contribution in [3.8, 4) is 0 Å². The van der Waals surface area contributed by atoms with Crippen LogP contribution in [-0.4, -0.2) is 68.7 Å². The van der Waals surface area contributed by atoms with Gasteiger partial charge in [0.15, 0.2) is 0 Å². The van der Waals surface area contributed by atoms with Crippen LogP contribution in [0.25, 0.3) is 0 Å². The lowest BCUT2D eigenvalue weighted by molar-refractivity contribution is -0.192. The zero-order valence-corrected chi connectivity index (χ0v) is 17.1. The third-order valence-electron chi connectivity index (χ3n) is 4.85. The van der Waals surface area contributed by atoms with Gasteiger partial charge in [-0.25, -0.2) is 22.3 Å². The van der Waals surface area contributed by atoms with Crippen molar-refractivity contribution in [3.63, 3.8) is 0 Å². The van der Waals surface area contributed by atoms with Crippen molar-refractivity contribution in [1.29, 1.82) is 0 Å². The molecule has 30 heavy (non-hydrogen) atoms. The Kier molecular flexibility index (Phi) is 7.83. The molecule has 1 unspecified atom stereocenters. The first-order valence-electron chi connectivity index (χ1n) is 9.13. The molecule has 0 bridgehead atoms. The van der Waals surface area contributed by atoms with Crippen LogP contribution in [0.2, 0.25) is 0 Å². The molecule has 2 aliphatic rings. The Bertz CT molecular complexity index is 814. The number of rotatable bonds is 5. The summed E-state index contributed by atoms with van der Waals surface area (Å²) in [5.41, 5.74) is 1.04. The molecule has 0 aliphatic carbocycles. The van der Waals surface area contributed by atoms with Crippen LogP contribution in [0.4, 0.5) is 17.6 Å². The van der Waals surface area contributed by atoms with Gasteiger partial charge in [0, 0.05) is 26.2 Å². The first-order chi connectivity index (χ1) is 13.8. The number of carboxylic acid groups (broad SMARTS) is 1. The normalized spacial score (nSPS) is 21.4. The van der Waals surface area contributed by atoms with Gasteiger partial charge in [-0.3, -0.25) is 4.90 Å². The maximum atomic E-state index is 12.9. The summed E-state index contributed by atoms with van der Waals surface area (Å²) in [6, 6.07) is 6.60. The maximum Gasteiger partial charge on any atom is 0.490 e. The molecule has 170 valence electrons. The van der Waals surface area contributed by atoms with Gasteiger partial charge in [-0.1, -0.05) is 12.1 Å². The fourth-order valence-corrected chi connectivity index (χ4v) is 3.86. The zero-order chi connectivity index (χ0) is 22.6. The highest BCUT2D eigenvalue weighted by Crippen LogP contribution is 2.36. The Hall–Kier alpha value is -1.76. The third-order valence-corrected chi connectivity index (χ3v) is 5.54. The van der Waals surface area contributed by atoms with Gasteiger partial charge < -0.3 is 9.84 Å². The van der Waals surface area contributed by atoms with Crippen molar-refractivity contribution in [2.75, 3.05) is 32.5 Å². The van der Waals surface area contributed by atoms with E-state index in [1.54, 1.807) is 0 Å². The number of sulfonamides is 1. The van der Waals surface area contributed by atoms with E-state index in [4.69, 9.17) is 14.6 Å². The topological polar surface area (TPSA) is 95.9 Å². The van der Waals surface area contributed by atoms with E-state index < -0.39 is 22.2 Å². The maximum absolute atomic E-state index is 12.9. The van der Waals surface area contributed by atoms with E-state index in [2.05, 4.69) is 9.62 Å². The molecule has 12 heteroatoms. The molecule has 1 aromatic rings. The molecule has 2 saturated heterocycles. The number of aliphatic carboxylic acids is 1. The Balaban J connectivity index is 0.000000396. The van der Waals surface area contributed by atoms with Crippen LogP contribution in [0.5, 0.6) is 0 Å². The molecule has 2 aliphatic heterocycles. The van der Waals surface area contributed by atoms with Gasteiger partial charge in [-0.2, -0.15) is 13.2 Å². The van der Waals surface area contributed by atoms with Crippen LogP contribution in [0.3, 0.4) is 0 Å². The van der Waals surface area contributed by atoms with E-state index in [0.717, 1.165) is 38.0 Å². The predicted octanol–water partition coefficient (Wildman–Crippen LogP) is 1.99. The lowest BCUT2D eigenvalue weighted by Gasteiger charge is -2.53. The van der Waals surface area contributed by atoms with Crippen molar-refractivity contribution in [2.24, 2.45) is 5.92 Å². The van der Waals surface area contributed by atoms with Gasteiger partial charge >= 0.3 is 12.1 Å². The van der Waals surface area contributed by atoms with E-state index in [1.807, 2.05) is 12.1 Å². The van der Waals surface area contributed by atoms with Crippen LogP contribution >= 0.6 is 0 Å². The molecule has 1 aromatic carbocycles. The number of halogens is 4. The number of hydrogen-bond donors (Lipinski definition) is 2. The summed E-state index contributed by atoms with van der Waals surface area (Å²) in [4.78, 5) is 11.2. The van der Waals surface area contributed by atoms with Gasteiger partial charge in [-0.05, 0) is 36.5 Å². The molecule has 0 amide bonds. The largest absolute Gasteiger partial charge is 0.490 e. The fraction of sp³-hybridized carbons (Fsp3) is 0.611. The number of likely N-dealkylation sites (tertiary alicyclic amines) is 1. The Labute approximate surface area is 172 Å². The molecule has 2 heterocycles. The first kappa shape index (κ1) is 24.5. The van der Waals surface area contributed by atoms with Crippen molar-refractivity contribution in [3.05, 3.63) is 35.6 Å². The Morgan fingerprint density at radius 3 is 2.30 bits per heavy atom. The molecule has 2 N–H and O–H groups in total. The third kappa shape index (κ3) is 7.82. The summed E-state index contributed by atoms with van der Waals surface area (Å²) < 4.78 is 75.5. The highest BCUT2D eigenvalue weighted by Gasteiger charge is 2.46. The quantitative estimate of drug-likeness (QED) is 0.658. The van der Waals surface area contributed by atoms with Gasteiger partial charge in [0.1, 0.15) is 5.82 Å². The summed E-state index contributed by atoms with van der Waals surface area (Å²) in [5.74, 6) is -2.72. The van der Waals surface area contributed by atoms with Crippen molar-refractivity contribution in [1.82, 2.24) is 9.62 Å². The monoisotopic (exact) mass is 456 g/mol. The molecule has 0 aromatic heterocycles. The summed E-state index contributed by atoms with van der Waals surface area (Å²) in [7, 11) is -3.13. The highest BCUT2D eigenvalue weighted by molar-refractivity contribution is 7.88. The molecule has 2 fully saturated rings. The molecule has 0 saturated carbocycles. The fourth-order valence-electron chi connectivity index (χ4n) is 3.33. The molecular weight excluding hydrogens is 432 g/mol. The second-order valence-corrected chi connectivity index (χ2v) is 9.43. The van der Waals surface area contributed by atoms with Crippen LogP contribution in [0.15, 0.2) is 24.3 Å². The number of nitrogens with one attached hydrogen (secondary N) is 1. The minimum Gasteiger partial charge on any atom is -0.475 e. The number of nitrogens with zero attached hydrogens (tertiary/aromatic N) is 1. The molecule has 1 spiro atoms. The van der Waals surface area contributed by atoms with E-state index >= 15 is 0 Å². The van der Waals surface area contributed by atoms with E-state index in [0.29, 0.717) is 13.2 Å². The number of carboxylic acids is 1. The molecule has 7 nitrogen and oxygen atoms in total. The smallest absolute Gasteiger partial charge is 0.475 e. The van der Waals surface area contributed by atoms with Crippen LogP contribution in [-0.2, 0) is 26.1 Å². The van der Waals surface area contributed by atoms with Gasteiger partial charge in [0.05, 0.1) is 18.5 Å². The second-order valence-electron chi connectivity index (χ2n) is 7.59. The number of benzene rings is 1. The molecule has 0 radical (unpaired) electrons. The SMILES string of the molecule is CS(=O)(=O)NCC1CCC2(CN(Cc3ccc(F)cc3)C2)OC1.O=C(O)C(F)(F)F. The summed E-state index contributed by atoms with van der Waals surface area (Å²) in [6.45, 7) is 3.64. The van der Waals surface area contributed by atoms with Crippen LogP contribution in [0, 0.1) is 11.7 Å². The van der Waals surface area contributed by atoms with Crippen LogP contribution < -0.4 is 4.72 Å². The Morgan fingerprint density at radius 2 is 1.87 bits per heavy atom. The van der Waals surface area contributed by atoms with Crippen LogP contribution in [0.1, 0.15) is 18.4 Å². The predicted molar refractivity (Wildman–Crippen MR) is 99.6 cm³/mol. The molecule has 1 atom stereocenters. The van der Waals surface area contributed by atoms with Crippen molar-refractivity contribution < 1.29 is 40.6 Å². The first-order valence-corrected chi connectivity index (χ1v) is 11.0. The summed E-state index contributed by atoms with van der Waals surface area (Å²) >= 11 is 0. The lowest BCUT2D eigenvalue weighted by atomic mass is 9.83. The highest BCUT2D eigenvalue weighted by atomic mass is 32.2. The number of ether oxygens (including phenoxy) is 1. The Morgan fingerprint density at radius 1 is 1.30 bits per heavy atom. The van der Waals surface area contributed by atoms with Gasteiger partial charge in [-0.15, -0.1) is 0 Å². The summed E-state index contributed by atoms with van der Waals surface area (Å²) in [6.07, 6.45) is -1.96. The number of carbonyl (C=O) groups is 1. The average molecular weight is 456 g/mol. The minimum atomic E-state index is -5.08. The second kappa shape index (κ2) is 9.58. The number of alkyl halides is 3. The van der Waals surface area contributed by atoms with E-state index in [1.165, 1.54) is 18.4 Å². The van der Waals surface area contributed by atoms with Gasteiger partial charge in [0.2, 0.25) is 10.0 Å². The van der Waals surface area contributed by atoms with Crippen molar-refractivity contribution >= 4 is 16.0 Å². The molecule has 3 rings (SSSR count).